The molecular formula is C47H46O8. The van der Waals surface area contributed by atoms with Crippen LogP contribution in [-0.2, 0) is 38.5 Å². The summed E-state index contributed by atoms with van der Waals surface area (Å²) in [4.78, 5) is 0. The molecule has 0 bridgehead atoms. The zero-order valence-corrected chi connectivity index (χ0v) is 31.8. The number of hydrogen-bond acceptors (Lipinski definition) is 8. The lowest BCUT2D eigenvalue weighted by Crippen LogP contribution is -1.98. The van der Waals surface area contributed by atoms with Crippen molar-refractivity contribution in [1.29, 1.82) is 0 Å². The molecule has 1 heterocycles. The molecule has 0 atom stereocenters. The predicted octanol–water partition coefficient (Wildman–Crippen LogP) is 10.4. The summed E-state index contributed by atoms with van der Waals surface area (Å²) in [5.41, 5.74) is 6.86. The quantitative estimate of drug-likeness (QED) is 0.0916. The van der Waals surface area contributed by atoms with Gasteiger partial charge < -0.3 is 37.9 Å². The van der Waals surface area contributed by atoms with Gasteiger partial charge in [0.25, 0.3) is 0 Å². The van der Waals surface area contributed by atoms with Gasteiger partial charge in [0.2, 0.25) is 6.79 Å². The van der Waals surface area contributed by atoms with Crippen molar-refractivity contribution in [3.05, 3.63) is 155 Å². The molecule has 7 rings (SSSR count). The van der Waals surface area contributed by atoms with Crippen LogP contribution in [0.2, 0.25) is 0 Å². The Morgan fingerprint density at radius 2 is 0.800 bits per heavy atom. The molecule has 0 spiro atoms. The van der Waals surface area contributed by atoms with Gasteiger partial charge in [0.15, 0.2) is 34.5 Å². The second-order valence-electron chi connectivity index (χ2n) is 13.4. The Morgan fingerprint density at radius 1 is 0.364 bits per heavy atom. The molecule has 0 amide bonds. The fourth-order valence-corrected chi connectivity index (χ4v) is 6.68. The number of benzene rings is 6. The van der Waals surface area contributed by atoms with Gasteiger partial charge in [-0.3, -0.25) is 0 Å². The summed E-state index contributed by atoms with van der Waals surface area (Å²) in [6.07, 6.45) is 4.89. The van der Waals surface area contributed by atoms with Crippen molar-refractivity contribution in [2.24, 2.45) is 0 Å². The third-order valence-corrected chi connectivity index (χ3v) is 9.66. The van der Waals surface area contributed by atoms with Crippen LogP contribution in [0.25, 0.3) is 0 Å². The van der Waals surface area contributed by atoms with Crippen LogP contribution in [0, 0.1) is 0 Å². The lowest BCUT2D eigenvalue weighted by molar-refractivity contribution is 0.174. The molecule has 55 heavy (non-hydrogen) atoms. The molecule has 6 aromatic rings. The third kappa shape index (κ3) is 9.64. The molecule has 0 unspecified atom stereocenters. The Bertz CT molecular complexity index is 2110. The maximum atomic E-state index is 6.64. The molecule has 0 aliphatic carbocycles. The van der Waals surface area contributed by atoms with E-state index in [2.05, 4.69) is 54.6 Å². The van der Waals surface area contributed by atoms with Crippen LogP contribution in [0.1, 0.15) is 33.4 Å². The van der Waals surface area contributed by atoms with Crippen LogP contribution in [-0.4, -0.2) is 35.2 Å². The molecule has 1 aliphatic rings. The minimum absolute atomic E-state index is 0.246. The van der Waals surface area contributed by atoms with Gasteiger partial charge in [-0.2, -0.15) is 0 Å². The van der Waals surface area contributed by atoms with Crippen LogP contribution in [0.5, 0.6) is 57.5 Å². The van der Waals surface area contributed by atoms with E-state index >= 15 is 0 Å². The summed E-state index contributed by atoms with van der Waals surface area (Å²) >= 11 is 0. The molecule has 6 aromatic carbocycles. The first kappa shape index (κ1) is 37.1. The molecule has 0 saturated carbocycles. The van der Waals surface area contributed by atoms with Gasteiger partial charge in [-0.15, -0.1) is 0 Å². The van der Waals surface area contributed by atoms with Gasteiger partial charge >= 0.3 is 0 Å². The van der Waals surface area contributed by atoms with E-state index in [9.17, 15) is 0 Å². The summed E-state index contributed by atoms with van der Waals surface area (Å²) < 4.78 is 46.8. The number of fused-ring (bicyclic) bond motifs is 1. The molecule has 0 N–H and O–H groups in total. The highest BCUT2D eigenvalue weighted by Crippen LogP contribution is 2.39. The zero-order valence-electron chi connectivity index (χ0n) is 31.8. The second-order valence-corrected chi connectivity index (χ2v) is 13.4. The first-order valence-corrected chi connectivity index (χ1v) is 18.5. The summed E-state index contributed by atoms with van der Waals surface area (Å²) in [5, 5.41) is 0. The van der Waals surface area contributed by atoms with E-state index in [0.29, 0.717) is 34.5 Å². The highest BCUT2D eigenvalue weighted by molar-refractivity contribution is 5.51. The van der Waals surface area contributed by atoms with Crippen LogP contribution in [0.4, 0.5) is 0 Å². The molecule has 0 aromatic heterocycles. The summed E-state index contributed by atoms with van der Waals surface area (Å²) in [5.74, 6) is 7.06. The van der Waals surface area contributed by atoms with Crippen LogP contribution >= 0.6 is 0 Å². The number of rotatable bonds is 17. The Kier molecular flexibility index (Phi) is 11.9. The summed E-state index contributed by atoms with van der Waals surface area (Å²) in [6, 6.07) is 40.6. The minimum atomic E-state index is 0.246. The van der Waals surface area contributed by atoms with E-state index in [1.165, 1.54) is 11.1 Å². The van der Waals surface area contributed by atoms with Gasteiger partial charge in [0.1, 0.15) is 23.0 Å². The maximum Gasteiger partial charge on any atom is 0.231 e. The second kappa shape index (κ2) is 17.7. The van der Waals surface area contributed by atoms with E-state index < -0.39 is 0 Å². The number of aryl methyl sites for hydroxylation is 6. The first-order valence-electron chi connectivity index (χ1n) is 18.5. The molecule has 0 radical (unpaired) electrons. The van der Waals surface area contributed by atoms with Gasteiger partial charge in [0.05, 0.1) is 28.4 Å². The van der Waals surface area contributed by atoms with Gasteiger partial charge in [-0.1, -0.05) is 42.5 Å². The normalized spacial score (nSPS) is 11.6. The first-order chi connectivity index (χ1) is 27.0. The Morgan fingerprint density at radius 3 is 1.31 bits per heavy atom. The monoisotopic (exact) mass is 738 g/mol. The molecule has 8 heteroatoms. The fourth-order valence-electron chi connectivity index (χ4n) is 6.68. The topological polar surface area (TPSA) is 73.8 Å². The van der Waals surface area contributed by atoms with Crippen molar-refractivity contribution in [1.82, 2.24) is 0 Å². The summed E-state index contributed by atoms with van der Waals surface area (Å²) in [7, 11) is 6.69. The zero-order chi connectivity index (χ0) is 38.0. The Labute approximate surface area is 323 Å². The molecule has 0 fully saturated rings. The van der Waals surface area contributed by atoms with Crippen LogP contribution < -0.4 is 37.9 Å². The number of hydrogen-bond donors (Lipinski definition) is 0. The van der Waals surface area contributed by atoms with E-state index in [0.717, 1.165) is 83.8 Å². The predicted molar refractivity (Wildman–Crippen MR) is 213 cm³/mol. The van der Waals surface area contributed by atoms with Crippen LogP contribution in [0.15, 0.2) is 121 Å². The van der Waals surface area contributed by atoms with E-state index in [1.54, 1.807) is 28.4 Å². The van der Waals surface area contributed by atoms with E-state index in [1.807, 2.05) is 66.7 Å². The summed E-state index contributed by atoms with van der Waals surface area (Å²) in [6.45, 7) is 0.246. The molecule has 8 nitrogen and oxygen atoms in total. The standard InChI is InChI=1S/C47H46O8/c1-48-38-9-5-7-32(23-38)11-13-35-17-20-42(50-3)46(28-35)54-40-25-37(16-15-34-19-22-44-45(27-34)53-31-52-44)26-41(30-40)55-47-29-36(18-21-43(47)51-4)14-12-33-8-6-10-39(24-33)49-2/h5-10,17-30H,11-16,31H2,1-4H3. The highest BCUT2D eigenvalue weighted by atomic mass is 16.7. The Hall–Kier alpha value is -6.28. The van der Waals surface area contributed by atoms with E-state index in [-0.39, 0.29) is 6.79 Å². The highest BCUT2D eigenvalue weighted by Gasteiger charge is 2.16. The van der Waals surface area contributed by atoms with Gasteiger partial charge in [-0.25, -0.2) is 0 Å². The third-order valence-electron chi connectivity index (χ3n) is 9.66. The lowest BCUT2D eigenvalue weighted by Gasteiger charge is -2.16. The van der Waals surface area contributed by atoms with Crippen molar-refractivity contribution in [2.45, 2.75) is 38.5 Å². The smallest absolute Gasteiger partial charge is 0.231 e. The molecule has 0 saturated heterocycles. The van der Waals surface area contributed by atoms with Crippen molar-refractivity contribution < 1.29 is 37.9 Å². The SMILES string of the molecule is COc1cccc(CCc2ccc(OC)c(Oc3cc(CCc4ccc5c(c4)OCO5)cc(Oc4cc(CCc5cccc(OC)c5)ccc4OC)c3)c2)c1. The van der Waals surface area contributed by atoms with Crippen molar-refractivity contribution >= 4 is 0 Å². The molecule has 282 valence electrons. The molecular weight excluding hydrogens is 693 g/mol. The van der Waals surface area contributed by atoms with Crippen molar-refractivity contribution in [3.8, 4) is 57.5 Å². The van der Waals surface area contributed by atoms with Crippen LogP contribution in [0.3, 0.4) is 0 Å². The average Bonchev–Trinajstić information content (AvgIpc) is 3.70. The lowest BCUT2D eigenvalue weighted by atomic mass is 10.0. The van der Waals surface area contributed by atoms with E-state index in [4.69, 9.17) is 37.9 Å². The minimum Gasteiger partial charge on any atom is -0.497 e. The maximum absolute atomic E-state index is 6.64. The Balaban J connectivity index is 1.15. The fraction of sp³-hybridized carbons (Fsp3) is 0.234. The van der Waals surface area contributed by atoms with Crippen molar-refractivity contribution in [3.63, 3.8) is 0 Å². The van der Waals surface area contributed by atoms with Gasteiger partial charge in [0, 0.05) is 6.07 Å². The van der Waals surface area contributed by atoms with Gasteiger partial charge in [-0.05, 0) is 145 Å². The molecule has 1 aliphatic heterocycles. The number of ether oxygens (including phenoxy) is 8. The number of methoxy groups -OCH3 is 4. The van der Waals surface area contributed by atoms with Crippen molar-refractivity contribution in [2.75, 3.05) is 35.2 Å². The largest absolute Gasteiger partial charge is 0.497 e. The average molecular weight is 739 g/mol.